The molecular weight excluding hydrogens is 459 g/mol. The minimum absolute atomic E-state index is 0.00365. The smallest absolute Gasteiger partial charge is 0.344 e. The van der Waals surface area contributed by atoms with Crippen molar-refractivity contribution in [1.82, 2.24) is 18.7 Å². The number of aryl methyl sites for hydroxylation is 2. The van der Waals surface area contributed by atoms with Gasteiger partial charge in [0.1, 0.15) is 5.75 Å². The van der Waals surface area contributed by atoms with Crippen molar-refractivity contribution in [2.75, 3.05) is 13.2 Å². The summed E-state index contributed by atoms with van der Waals surface area (Å²) < 4.78 is 14.3. The van der Waals surface area contributed by atoms with E-state index >= 15 is 0 Å². The number of carbonyl (C=O) groups is 1. The van der Waals surface area contributed by atoms with Gasteiger partial charge in [-0.2, -0.15) is 0 Å². The molecule has 0 N–H and O–H groups in total. The lowest BCUT2D eigenvalue weighted by Gasteiger charge is -2.10. The molecule has 160 valence electrons. The summed E-state index contributed by atoms with van der Waals surface area (Å²) >= 11 is 17.7. The zero-order chi connectivity index (χ0) is 22.0. The highest BCUT2D eigenvalue weighted by molar-refractivity contribution is 6.43. The molecule has 3 aromatic rings. The van der Waals surface area contributed by atoms with Gasteiger partial charge >= 0.3 is 11.7 Å². The first-order valence-electron chi connectivity index (χ1n) is 8.74. The second-order valence-electron chi connectivity index (χ2n) is 6.39. The van der Waals surface area contributed by atoms with Gasteiger partial charge in [-0.15, -0.1) is 0 Å². The molecule has 0 unspecified atom stereocenters. The van der Waals surface area contributed by atoms with E-state index in [1.807, 2.05) is 0 Å². The second-order valence-corrected chi connectivity index (χ2v) is 7.61. The Labute approximate surface area is 185 Å². The summed E-state index contributed by atoms with van der Waals surface area (Å²) in [6, 6.07) is 2.81. The summed E-state index contributed by atoms with van der Waals surface area (Å²) in [7, 11) is 3.21. The zero-order valence-electron chi connectivity index (χ0n) is 16.0. The van der Waals surface area contributed by atoms with Gasteiger partial charge in [-0.25, -0.2) is 14.6 Å². The number of ether oxygens (including phenoxy) is 2. The molecule has 0 fully saturated rings. The molecule has 0 atom stereocenters. The van der Waals surface area contributed by atoms with Crippen LogP contribution in [0.3, 0.4) is 0 Å². The van der Waals surface area contributed by atoms with Gasteiger partial charge < -0.3 is 14.0 Å². The van der Waals surface area contributed by atoms with Crippen molar-refractivity contribution in [3.63, 3.8) is 0 Å². The second kappa shape index (κ2) is 9.11. The number of hydrogen-bond acceptors (Lipinski definition) is 6. The number of aromatic nitrogens is 4. The quantitative estimate of drug-likeness (QED) is 0.296. The number of rotatable bonds is 7. The Balaban J connectivity index is 1.56. The monoisotopic (exact) mass is 474 g/mol. The van der Waals surface area contributed by atoms with E-state index in [-0.39, 0.29) is 47.0 Å². The largest absolute Gasteiger partial charge is 0.480 e. The fourth-order valence-corrected chi connectivity index (χ4v) is 3.39. The number of nitrogens with zero attached hydrogens (tertiary/aromatic N) is 4. The maximum atomic E-state index is 12.6. The van der Waals surface area contributed by atoms with Crippen molar-refractivity contribution >= 4 is 51.9 Å². The van der Waals surface area contributed by atoms with Crippen molar-refractivity contribution in [3.8, 4) is 5.75 Å². The lowest BCUT2D eigenvalue weighted by molar-refractivity contribution is -0.146. The summed E-state index contributed by atoms with van der Waals surface area (Å²) in [6.45, 7) is -0.309. The number of imidazole rings is 1. The standard InChI is InChI=1S/C18H17Cl3N4O5/c1-23-9-22-16-15(23)17(27)25(18(28)24(16)2)4-3-5-29-14(26)8-30-13-7-11(20)10(19)6-12(13)21/h6-7,9H,3-5,8H2,1-2H3. The average Bonchev–Trinajstić information content (AvgIpc) is 3.09. The molecule has 0 aliphatic rings. The molecule has 0 bridgehead atoms. The fraction of sp³-hybridized carbons (Fsp3) is 0.333. The Kier molecular flexibility index (Phi) is 6.74. The predicted molar refractivity (Wildman–Crippen MR) is 113 cm³/mol. The summed E-state index contributed by atoms with van der Waals surface area (Å²) in [5.74, 6) is -0.443. The highest BCUT2D eigenvalue weighted by Crippen LogP contribution is 2.33. The van der Waals surface area contributed by atoms with Crippen LogP contribution in [0.2, 0.25) is 15.1 Å². The lowest BCUT2D eigenvalue weighted by atomic mass is 10.3. The highest BCUT2D eigenvalue weighted by atomic mass is 35.5. The first-order chi connectivity index (χ1) is 14.2. The Morgan fingerprint density at radius 2 is 1.80 bits per heavy atom. The van der Waals surface area contributed by atoms with E-state index in [1.54, 1.807) is 18.7 Å². The molecule has 0 amide bonds. The zero-order valence-corrected chi connectivity index (χ0v) is 18.3. The van der Waals surface area contributed by atoms with Crippen LogP contribution < -0.4 is 16.0 Å². The SMILES string of the molecule is Cn1cnc2c1c(=O)n(CCCOC(=O)COc1cc(Cl)c(Cl)cc1Cl)c(=O)n2C. The summed E-state index contributed by atoms with van der Waals surface area (Å²) in [5, 5.41) is 0.710. The van der Waals surface area contributed by atoms with Gasteiger partial charge in [0.15, 0.2) is 17.8 Å². The van der Waals surface area contributed by atoms with Crippen molar-refractivity contribution in [2.24, 2.45) is 14.1 Å². The first-order valence-corrected chi connectivity index (χ1v) is 9.88. The molecule has 30 heavy (non-hydrogen) atoms. The molecule has 2 aromatic heterocycles. The van der Waals surface area contributed by atoms with E-state index in [1.165, 1.54) is 23.0 Å². The summed E-state index contributed by atoms with van der Waals surface area (Å²) in [5.41, 5.74) is -0.304. The molecule has 2 heterocycles. The van der Waals surface area contributed by atoms with Crippen LogP contribution in [0.1, 0.15) is 6.42 Å². The topological polar surface area (TPSA) is 97.4 Å². The minimum atomic E-state index is -0.639. The van der Waals surface area contributed by atoms with Crippen LogP contribution in [-0.4, -0.2) is 37.9 Å². The van der Waals surface area contributed by atoms with Gasteiger partial charge in [0.25, 0.3) is 5.56 Å². The van der Waals surface area contributed by atoms with Crippen molar-refractivity contribution in [3.05, 3.63) is 54.4 Å². The average molecular weight is 476 g/mol. The van der Waals surface area contributed by atoms with E-state index in [9.17, 15) is 14.4 Å². The Morgan fingerprint density at radius 3 is 2.53 bits per heavy atom. The number of esters is 1. The lowest BCUT2D eigenvalue weighted by Crippen LogP contribution is -2.39. The highest BCUT2D eigenvalue weighted by Gasteiger charge is 2.15. The normalized spacial score (nSPS) is 11.1. The van der Waals surface area contributed by atoms with Gasteiger partial charge in [-0.1, -0.05) is 34.8 Å². The first kappa shape index (κ1) is 22.2. The van der Waals surface area contributed by atoms with E-state index < -0.39 is 17.2 Å². The van der Waals surface area contributed by atoms with Crippen LogP contribution in [0.25, 0.3) is 11.2 Å². The van der Waals surface area contributed by atoms with Crippen molar-refractivity contribution < 1.29 is 14.3 Å². The predicted octanol–water partition coefficient (Wildman–Crippen LogP) is 2.41. The van der Waals surface area contributed by atoms with Crippen LogP contribution in [0.4, 0.5) is 0 Å². The molecule has 0 saturated heterocycles. The van der Waals surface area contributed by atoms with Gasteiger partial charge in [0.05, 0.1) is 28.0 Å². The van der Waals surface area contributed by atoms with Gasteiger partial charge in [0.2, 0.25) is 0 Å². The Bertz CT molecular complexity index is 1230. The third-order valence-corrected chi connectivity index (χ3v) is 5.33. The number of fused-ring (bicyclic) bond motifs is 1. The van der Waals surface area contributed by atoms with Gasteiger partial charge in [0, 0.05) is 26.7 Å². The van der Waals surface area contributed by atoms with Gasteiger partial charge in [-0.05, 0) is 12.5 Å². The number of benzene rings is 1. The van der Waals surface area contributed by atoms with Crippen molar-refractivity contribution in [1.29, 1.82) is 0 Å². The van der Waals surface area contributed by atoms with E-state index in [2.05, 4.69) is 4.98 Å². The van der Waals surface area contributed by atoms with Crippen molar-refractivity contribution in [2.45, 2.75) is 13.0 Å². The molecule has 12 heteroatoms. The molecule has 1 aromatic carbocycles. The number of carbonyl (C=O) groups excluding carboxylic acids is 1. The molecule has 0 radical (unpaired) electrons. The maximum absolute atomic E-state index is 12.6. The number of hydrogen-bond donors (Lipinski definition) is 0. The molecule has 9 nitrogen and oxygen atoms in total. The summed E-state index contributed by atoms with van der Waals surface area (Å²) in [4.78, 5) is 40.9. The fourth-order valence-electron chi connectivity index (χ4n) is 2.80. The van der Waals surface area contributed by atoms with Crippen LogP contribution in [0, 0.1) is 0 Å². The maximum Gasteiger partial charge on any atom is 0.344 e. The molecule has 3 rings (SSSR count). The number of halogens is 3. The van der Waals surface area contributed by atoms with Gasteiger partial charge in [-0.3, -0.25) is 13.9 Å². The Morgan fingerprint density at radius 1 is 1.10 bits per heavy atom. The van der Waals surface area contributed by atoms with E-state index in [4.69, 9.17) is 44.3 Å². The molecule has 0 saturated carbocycles. The van der Waals surface area contributed by atoms with Crippen LogP contribution >= 0.6 is 34.8 Å². The third-order valence-electron chi connectivity index (χ3n) is 4.31. The van der Waals surface area contributed by atoms with E-state index in [0.717, 1.165) is 4.57 Å². The van der Waals surface area contributed by atoms with Crippen LogP contribution in [0.5, 0.6) is 5.75 Å². The van der Waals surface area contributed by atoms with E-state index in [0.29, 0.717) is 11.2 Å². The van der Waals surface area contributed by atoms with Crippen LogP contribution in [-0.2, 0) is 30.2 Å². The molecule has 0 aliphatic carbocycles. The minimum Gasteiger partial charge on any atom is -0.480 e. The molecule has 0 aliphatic heterocycles. The van der Waals surface area contributed by atoms with Crippen LogP contribution in [0.15, 0.2) is 28.0 Å². The Hall–Kier alpha value is -2.49. The summed E-state index contributed by atoms with van der Waals surface area (Å²) in [6.07, 6.45) is 1.73. The third kappa shape index (κ3) is 4.48. The molecular formula is C18H17Cl3N4O5. The molecule has 0 spiro atoms.